The molecule has 0 saturated carbocycles. The largest absolute Gasteiger partial charge is 0.357 e. The summed E-state index contributed by atoms with van der Waals surface area (Å²) in [4.78, 5) is 5.80. The molecule has 4 heteroatoms. The van der Waals surface area contributed by atoms with E-state index in [1.54, 1.807) is 0 Å². The minimum Gasteiger partial charge on any atom is -0.357 e. The number of pyridine rings is 1. The fraction of sp³-hybridized carbons (Fsp3) is 0.545. The van der Waals surface area contributed by atoms with Gasteiger partial charge in [0.1, 0.15) is 0 Å². The normalized spacial score (nSPS) is 12.6. The summed E-state index contributed by atoms with van der Waals surface area (Å²) in [7, 11) is 1.84. The zero-order valence-corrected chi connectivity index (χ0v) is 10.1. The first kappa shape index (κ1) is 12.2. The van der Waals surface area contributed by atoms with Crippen LogP contribution in [0.1, 0.15) is 20.3 Å². The van der Waals surface area contributed by atoms with Crippen LogP contribution in [0.2, 0.25) is 5.02 Å². The summed E-state index contributed by atoms with van der Waals surface area (Å²) < 4.78 is 13.5. The highest BCUT2D eigenvalue weighted by atomic mass is 35.5. The van der Waals surface area contributed by atoms with Gasteiger partial charge in [-0.2, -0.15) is 0 Å². The Balaban J connectivity index is 2.77. The molecular formula is C11H16ClFN2. The van der Waals surface area contributed by atoms with Crippen molar-refractivity contribution in [2.75, 3.05) is 18.5 Å². The fourth-order valence-electron chi connectivity index (χ4n) is 1.37. The number of hydrogen-bond acceptors (Lipinski definition) is 2. The van der Waals surface area contributed by atoms with E-state index >= 15 is 0 Å². The smallest absolute Gasteiger partial charge is 0.167 e. The van der Waals surface area contributed by atoms with Gasteiger partial charge in [0.25, 0.3) is 0 Å². The third-order valence-corrected chi connectivity index (χ3v) is 2.64. The van der Waals surface area contributed by atoms with Crippen LogP contribution in [0, 0.1) is 11.7 Å². The Kier molecular flexibility index (Phi) is 4.33. The molecule has 15 heavy (non-hydrogen) atoms. The lowest BCUT2D eigenvalue weighted by Gasteiger charge is -2.22. The third kappa shape index (κ3) is 3.34. The lowest BCUT2D eigenvalue weighted by Crippen LogP contribution is -2.25. The average Bonchev–Trinajstić information content (AvgIpc) is 2.17. The summed E-state index contributed by atoms with van der Waals surface area (Å²) >= 11 is 5.63. The standard InChI is InChI=1S/C11H16ClFN2/c1-4-8(2)7-15(3)11-10(13)5-9(12)6-14-11/h5-6,8H,4,7H2,1-3H3. The van der Waals surface area contributed by atoms with Crippen LogP contribution in [0.3, 0.4) is 0 Å². The van der Waals surface area contributed by atoms with Gasteiger partial charge in [0.15, 0.2) is 11.6 Å². The topological polar surface area (TPSA) is 16.1 Å². The van der Waals surface area contributed by atoms with Gasteiger partial charge in [0.05, 0.1) is 5.02 Å². The van der Waals surface area contributed by atoms with E-state index in [0.29, 0.717) is 16.8 Å². The number of halogens is 2. The molecule has 0 N–H and O–H groups in total. The second-order valence-electron chi connectivity index (χ2n) is 3.85. The Morgan fingerprint density at radius 2 is 2.27 bits per heavy atom. The second-order valence-corrected chi connectivity index (χ2v) is 4.29. The molecule has 0 aromatic carbocycles. The molecular weight excluding hydrogens is 215 g/mol. The summed E-state index contributed by atoms with van der Waals surface area (Å²) in [5, 5.41) is 0.327. The third-order valence-electron chi connectivity index (χ3n) is 2.43. The first-order valence-electron chi connectivity index (χ1n) is 5.06. The maximum Gasteiger partial charge on any atom is 0.167 e. The minimum absolute atomic E-state index is 0.327. The summed E-state index contributed by atoms with van der Waals surface area (Å²) in [6.45, 7) is 5.04. The molecule has 0 amide bonds. The van der Waals surface area contributed by atoms with Gasteiger partial charge < -0.3 is 4.90 Å². The predicted octanol–water partition coefficient (Wildman–Crippen LogP) is 3.36. The number of nitrogens with zero attached hydrogens (tertiary/aromatic N) is 2. The fourth-order valence-corrected chi connectivity index (χ4v) is 1.52. The summed E-state index contributed by atoms with van der Waals surface area (Å²) in [6, 6.07) is 1.29. The van der Waals surface area contributed by atoms with Gasteiger partial charge in [-0.25, -0.2) is 9.37 Å². The van der Waals surface area contributed by atoms with Crippen molar-refractivity contribution < 1.29 is 4.39 Å². The molecule has 0 saturated heterocycles. The van der Waals surface area contributed by atoms with Gasteiger partial charge in [-0.3, -0.25) is 0 Å². The second kappa shape index (κ2) is 5.31. The predicted molar refractivity (Wildman–Crippen MR) is 61.9 cm³/mol. The first-order valence-corrected chi connectivity index (χ1v) is 5.44. The molecule has 0 spiro atoms. The maximum atomic E-state index is 13.5. The lowest BCUT2D eigenvalue weighted by atomic mass is 10.1. The van der Waals surface area contributed by atoms with Gasteiger partial charge in [-0.15, -0.1) is 0 Å². The molecule has 1 aromatic heterocycles. The molecule has 0 fully saturated rings. The Labute approximate surface area is 95.1 Å². The Morgan fingerprint density at radius 3 is 2.80 bits per heavy atom. The zero-order valence-electron chi connectivity index (χ0n) is 9.30. The number of hydrogen-bond donors (Lipinski definition) is 0. The van der Waals surface area contributed by atoms with Crippen molar-refractivity contribution in [3.63, 3.8) is 0 Å². The van der Waals surface area contributed by atoms with Gasteiger partial charge in [-0.05, 0) is 12.0 Å². The van der Waals surface area contributed by atoms with E-state index in [4.69, 9.17) is 11.6 Å². The molecule has 1 aromatic rings. The van der Waals surface area contributed by atoms with Crippen molar-refractivity contribution in [2.45, 2.75) is 20.3 Å². The minimum atomic E-state index is -0.367. The number of rotatable bonds is 4. The molecule has 0 aliphatic rings. The average molecular weight is 231 g/mol. The summed E-state index contributed by atoms with van der Waals surface area (Å²) in [6.07, 6.45) is 2.53. The van der Waals surface area contributed by atoms with E-state index in [-0.39, 0.29) is 5.82 Å². The van der Waals surface area contributed by atoms with Crippen molar-refractivity contribution in [3.05, 3.63) is 23.1 Å². The molecule has 0 bridgehead atoms. The highest BCUT2D eigenvalue weighted by molar-refractivity contribution is 6.30. The van der Waals surface area contributed by atoms with Crippen LogP contribution in [-0.4, -0.2) is 18.6 Å². The Hall–Kier alpha value is -0.830. The van der Waals surface area contributed by atoms with E-state index in [2.05, 4.69) is 18.8 Å². The monoisotopic (exact) mass is 230 g/mol. The molecule has 0 aliphatic carbocycles. The van der Waals surface area contributed by atoms with Gasteiger partial charge in [-0.1, -0.05) is 31.9 Å². The molecule has 0 aliphatic heterocycles. The molecule has 1 unspecified atom stereocenters. The van der Waals surface area contributed by atoms with E-state index in [1.165, 1.54) is 12.3 Å². The molecule has 2 nitrogen and oxygen atoms in total. The van der Waals surface area contributed by atoms with Crippen LogP contribution in [0.4, 0.5) is 10.2 Å². The molecule has 0 radical (unpaired) electrons. The molecule has 1 heterocycles. The lowest BCUT2D eigenvalue weighted by molar-refractivity contribution is 0.546. The van der Waals surface area contributed by atoms with Crippen LogP contribution in [0.25, 0.3) is 0 Å². The van der Waals surface area contributed by atoms with Gasteiger partial charge >= 0.3 is 0 Å². The van der Waals surface area contributed by atoms with Crippen molar-refractivity contribution >= 4 is 17.4 Å². The molecule has 1 rings (SSSR count). The SMILES string of the molecule is CCC(C)CN(C)c1ncc(Cl)cc1F. The summed E-state index contributed by atoms with van der Waals surface area (Å²) in [5.41, 5.74) is 0. The van der Waals surface area contributed by atoms with Crippen molar-refractivity contribution in [1.82, 2.24) is 4.98 Å². The van der Waals surface area contributed by atoms with Crippen LogP contribution in [0.5, 0.6) is 0 Å². The molecule has 84 valence electrons. The van der Waals surface area contributed by atoms with Gasteiger partial charge in [0, 0.05) is 19.8 Å². The van der Waals surface area contributed by atoms with E-state index in [1.807, 2.05) is 11.9 Å². The van der Waals surface area contributed by atoms with Gasteiger partial charge in [0.2, 0.25) is 0 Å². The van der Waals surface area contributed by atoms with Crippen LogP contribution in [-0.2, 0) is 0 Å². The maximum absolute atomic E-state index is 13.5. The quantitative estimate of drug-likeness (QED) is 0.789. The van der Waals surface area contributed by atoms with E-state index < -0.39 is 0 Å². The highest BCUT2D eigenvalue weighted by Gasteiger charge is 2.11. The number of aromatic nitrogens is 1. The number of anilines is 1. The van der Waals surface area contributed by atoms with Crippen molar-refractivity contribution in [3.8, 4) is 0 Å². The first-order chi connectivity index (χ1) is 7.04. The zero-order chi connectivity index (χ0) is 11.4. The van der Waals surface area contributed by atoms with Crippen LogP contribution in [0.15, 0.2) is 12.3 Å². The highest BCUT2D eigenvalue weighted by Crippen LogP contribution is 2.19. The Morgan fingerprint density at radius 1 is 1.60 bits per heavy atom. The Bertz CT molecular complexity index is 330. The van der Waals surface area contributed by atoms with E-state index in [9.17, 15) is 4.39 Å². The van der Waals surface area contributed by atoms with Crippen molar-refractivity contribution in [2.24, 2.45) is 5.92 Å². The van der Waals surface area contributed by atoms with Crippen LogP contribution >= 0.6 is 11.6 Å². The van der Waals surface area contributed by atoms with Crippen LogP contribution < -0.4 is 4.90 Å². The van der Waals surface area contributed by atoms with Crippen molar-refractivity contribution in [1.29, 1.82) is 0 Å². The summed E-state index contributed by atoms with van der Waals surface area (Å²) in [5.74, 6) is 0.514. The van der Waals surface area contributed by atoms with E-state index in [0.717, 1.165) is 13.0 Å². The molecule has 1 atom stereocenters.